The van der Waals surface area contributed by atoms with Crippen molar-refractivity contribution in [2.45, 2.75) is 19.9 Å². The molecule has 0 spiro atoms. The lowest BCUT2D eigenvalue weighted by atomic mass is 10.1. The number of hydrogen-bond acceptors (Lipinski definition) is 2. The largest absolute Gasteiger partial charge is 0.322 e. The second kappa shape index (κ2) is 5.96. The van der Waals surface area contributed by atoms with Crippen molar-refractivity contribution in [2.75, 3.05) is 5.32 Å². The zero-order chi connectivity index (χ0) is 13.7. The lowest BCUT2D eigenvalue weighted by Gasteiger charge is -2.15. The fraction of sp³-hybridized carbons (Fsp3) is 0.333. The molecule has 1 atom stereocenters. The molecule has 0 saturated carbocycles. The summed E-state index contributed by atoms with van der Waals surface area (Å²) in [7, 11) is 0. The van der Waals surface area contributed by atoms with Crippen molar-refractivity contribution in [1.82, 2.24) is 5.32 Å². The Hall–Kier alpha value is -2.16. The van der Waals surface area contributed by atoms with Crippen LogP contribution < -0.4 is 10.6 Å². The van der Waals surface area contributed by atoms with Gasteiger partial charge in [0.2, 0.25) is 0 Å². The minimum Gasteiger partial charge on any atom is -0.322 e. The molecule has 0 heterocycles. The summed E-state index contributed by atoms with van der Waals surface area (Å²) in [5.41, 5.74) is -0.144. The molecule has 2 amide bonds. The molecular formula is C12H13F2N3O. The van der Waals surface area contributed by atoms with Gasteiger partial charge in [0.15, 0.2) is 0 Å². The summed E-state index contributed by atoms with van der Waals surface area (Å²) in [5, 5.41) is 13.4. The number of nitrogens with zero attached hydrogens (tertiary/aromatic N) is 1. The summed E-state index contributed by atoms with van der Waals surface area (Å²) in [6, 6.07) is 3.35. The molecule has 1 aromatic rings. The third-order valence-corrected chi connectivity index (χ3v) is 2.27. The van der Waals surface area contributed by atoms with Gasteiger partial charge in [-0.15, -0.1) is 0 Å². The molecule has 0 aliphatic heterocycles. The summed E-state index contributed by atoms with van der Waals surface area (Å²) in [6.45, 7) is 3.54. The zero-order valence-electron chi connectivity index (χ0n) is 10.00. The summed E-state index contributed by atoms with van der Waals surface area (Å²) in [5.74, 6) is -1.67. The van der Waals surface area contributed by atoms with E-state index < -0.39 is 23.7 Å². The van der Waals surface area contributed by atoms with Crippen LogP contribution in [-0.4, -0.2) is 12.1 Å². The van der Waals surface area contributed by atoms with Crippen LogP contribution in [0.2, 0.25) is 0 Å². The third-order valence-electron chi connectivity index (χ3n) is 2.27. The SMILES string of the molecule is CC(C)C(C#N)NC(=O)Nc1ccc(F)cc1F. The predicted molar refractivity (Wildman–Crippen MR) is 62.8 cm³/mol. The van der Waals surface area contributed by atoms with Gasteiger partial charge in [-0.05, 0) is 18.1 Å². The zero-order valence-corrected chi connectivity index (χ0v) is 10.00. The number of carbonyl (C=O) groups is 1. The van der Waals surface area contributed by atoms with E-state index in [9.17, 15) is 13.6 Å². The Morgan fingerprint density at radius 3 is 2.56 bits per heavy atom. The van der Waals surface area contributed by atoms with E-state index in [-0.39, 0.29) is 11.6 Å². The normalized spacial score (nSPS) is 11.8. The van der Waals surface area contributed by atoms with Gasteiger partial charge in [-0.3, -0.25) is 0 Å². The molecule has 4 nitrogen and oxygen atoms in total. The van der Waals surface area contributed by atoms with Crippen LogP contribution in [0.4, 0.5) is 19.3 Å². The molecule has 0 bridgehead atoms. The van der Waals surface area contributed by atoms with Gasteiger partial charge >= 0.3 is 6.03 Å². The Morgan fingerprint density at radius 2 is 2.06 bits per heavy atom. The van der Waals surface area contributed by atoms with E-state index in [1.807, 2.05) is 6.07 Å². The number of nitrogens with one attached hydrogen (secondary N) is 2. The summed E-state index contributed by atoms with van der Waals surface area (Å²) in [4.78, 5) is 11.5. The van der Waals surface area contributed by atoms with Gasteiger partial charge in [0.1, 0.15) is 17.7 Å². The van der Waals surface area contributed by atoms with Crippen molar-refractivity contribution in [1.29, 1.82) is 5.26 Å². The molecule has 0 aliphatic rings. The van der Waals surface area contributed by atoms with Gasteiger partial charge in [-0.25, -0.2) is 13.6 Å². The molecule has 1 rings (SSSR count). The van der Waals surface area contributed by atoms with Crippen molar-refractivity contribution in [2.24, 2.45) is 5.92 Å². The number of rotatable bonds is 3. The summed E-state index contributed by atoms with van der Waals surface area (Å²) in [6.07, 6.45) is 0. The number of urea groups is 1. The summed E-state index contributed by atoms with van der Waals surface area (Å²) >= 11 is 0. The highest BCUT2D eigenvalue weighted by atomic mass is 19.1. The second-order valence-electron chi connectivity index (χ2n) is 4.07. The van der Waals surface area contributed by atoms with Gasteiger partial charge < -0.3 is 10.6 Å². The third kappa shape index (κ3) is 3.70. The molecule has 0 aromatic heterocycles. The molecule has 0 radical (unpaired) electrons. The molecule has 0 saturated heterocycles. The number of nitriles is 1. The number of benzene rings is 1. The van der Waals surface area contributed by atoms with E-state index in [1.165, 1.54) is 0 Å². The average Bonchev–Trinajstić information content (AvgIpc) is 2.29. The molecule has 1 unspecified atom stereocenters. The molecule has 0 fully saturated rings. The lowest BCUT2D eigenvalue weighted by Crippen LogP contribution is -2.40. The van der Waals surface area contributed by atoms with Crippen LogP contribution in [0.5, 0.6) is 0 Å². The molecular weight excluding hydrogens is 240 g/mol. The molecule has 1 aromatic carbocycles. The predicted octanol–water partition coefficient (Wildman–Crippen LogP) is 2.63. The van der Waals surface area contributed by atoms with Crippen molar-refractivity contribution in [3.63, 3.8) is 0 Å². The van der Waals surface area contributed by atoms with E-state index in [4.69, 9.17) is 5.26 Å². The maximum Gasteiger partial charge on any atom is 0.320 e. The number of amides is 2. The van der Waals surface area contributed by atoms with Crippen molar-refractivity contribution < 1.29 is 13.6 Å². The summed E-state index contributed by atoms with van der Waals surface area (Å²) < 4.78 is 25.9. The fourth-order valence-electron chi connectivity index (χ4n) is 1.24. The van der Waals surface area contributed by atoms with Crippen LogP contribution >= 0.6 is 0 Å². The minimum absolute atomic E-state index is 0.0705. The molecule has 6 heteroatoms. The van der Waals surface area contributed by atoms with E-state index in [0.717, 1.165) is 12.1 Å². The monoisotopic (exact) mass is 253 g/mol. The van der Waals surface area contributed by atoms with Crippen molar-refractivity contribution in [3.05, 3.63) is 29.8 Å². The van der Waals surface area contributed by atoms with Gasteiger partial charge in [0.25, 0.3) is 0 Å². The Morgan fingerprint density at radius 1 is 1.39 bits per heavy atom. The molecule has 18 heavy (non-hydrogen) atoms. The standard InChI is InChI=1S/C12H13F2N3O/c1-7(2)11(6-15)17-12(18)16-10-4-3-8(13)5-9(10)14/h3-5,7,11H,1-2H3,(H2,16,17,18). The quantitative estimate of drug-likeness (QED) is 0.869. The van der Waals surface area contributed by atoms with Crippen LogP contribution in [0.1, 0.15) is 13.8 Å². The highest BCUT2D eigenvalue weighted by Crippen LogP contribution is 2.14. The van der Waals surface area contributed by atoms with Crippen LogP contribution in [0.25, 0.3) is 0 Å². The highest BCUT2D eigenvalue weighted by molar-refractivity contribution is 5.89. The highest BCUT2D eigenvalue weighted by Gasteiger charge is 2.16. The molecule has 0 aliphatic carbocycles. The van der Waals surface area contributed by atoms with E-state index >= 15 is 0 Å². The topological polar surface area (TPSA) is 64.9 Å². The Labute approximate surface area is 104 Å². The lowest BCUT2D eigenvalue weighted by molar-refractivity contribution is 0.248. The fourth-order valence-corrected chi connectivity index (χ4v) is 1.24. The van der Waals surface area contributed by atoms with E-state index in [1.54, 1.807) is 13.8 Å². The Balaban J connectivity index is 2.68. The maximum absolute atomic E-state index is 13.2. The van der Waals surface area contributed by atoms with E-state index in [2.05, 4.69) is 10.6 Å². The van der Waals surface area contributed by atoms with Gasteiger partial charge in [0, 0.05) is 6.07 Å². The Bertz CT molecular complexity index is 483. The van der Waals surface area contributed by atoms with Crippen LogP contribution in [-0.2, 0) is 0 Å². The van der Waals surface area contributed by atoms with Crippen LogP contribution in [0.3, 0.4) is 0 Å². The van der Waals surface area contributed by atoms with Gasteiger partial charge in [-0.2, -0.15) is 5.26 Å². The first-order valence-electron chi connectivity index (χ1n) is 5.36. The van der Waals surface area contributed by atoms with E-state index in [0.29, 0.717) is 6.07 Å². The Kier molecular flexibility index (Phi) is 4.60. The smallest absolute Gasteiger partial charge is 0.320 e. The van der Waals surface area contributed by atoms with Gasteiger partial charge in [-0.1, -0.05) is 13.8 Å². The van der Waals surface area contributed by atoms with Crippen LogP contribution in [0, 0.1) is 28.9 Å². The average molecular weight is 253 g/mol. The number of hydrogen-bond donors (Lipinski definition) is 2. The van der Waals surface area contributed by atoms with Crippen molar-refractivity contribution in [3.8, 4) is 6.07 Å². The second-order valence-corrected chi connectivity index (χ2v) is 4.07. The number of carbonyl (C=O) groups excluding carboxylic acids is 1. The van der Waals surface area contributed by atoms with Crippen LogP contribution in [0.15, 0.2) is 18.2 Å². The first kappa shape index (κ1) is 13.9. The first-order valence-corrected chi connectivity index (χ1v) is 5.36. The van der Waals surface area contributed by atoms with Crippen molar-refractivity contribution >= 4 is 11.7 Å². The van der Waals surface area contributed by atoms with Gasteiger partial charge in [0.05, 0.1) is 11.8 Å². The maximum atomic E-state index is 13.2. The number of anilines is 1. The number of halogens is 2. The first-order chi connectivity index (χ1) is 8.43. The molecule has 2 N–H and O–H groups in total. The minimum atomic E-state index is -0.872. The molecule has 96 valence electrons.